The molecule has 184 valence electrons. The van der Waals surface area contributed by atoms with Crippen molar-refractivity contribution in [2.75, 3.05) is 16.3 Å². The summed E-state index contributed by atoms with van der Waals surface area (Å²) in [6.07, 6.45) is 6.05. The Hall–Kier alpha value is -3.74. The highest BCUT2D eigenvalue weighted by molar-refractivity contribution is 6.23. The van der Waals surface area contributed by atoms with Crippen molar-refractivity contribution < 1.29 is 23.9 Å². The van der Waals surface area contributed by atoms with Crippen LogP contribution >= 0.6 is 0 Å². The number of benzene rings is 2. The summed E-state index contributed by atoms with van der Waals surface area (Å²) in [7, 11) is 0. The second-order valence-corrected chi connectivity index (χ2v) is 10.3. The standard InChI is InChI=1S/C29H28N2O5/c1-3-17-4-8-21(9-5-17)30-15-20(14-24(30)32)29(35)36-22-10-11-23(16(2)12-22)31-27(33)25-18-6-7-19(13-18)26(25)28(31)34/h4-12,18-20,25-26H,3,13-15H2,1-2H3/t18-,19-,20-,25-,26+/m0/s1. The van der Waals surface area contributed by atoms with Gasteiger partial charge in [-0.05, 0) is 73.1 Å². The van der Waals surface area contributed by atoms with E-state index in [1.807, 2.05) is 24.3 Å². The molecule has 3 fully saturated rings. The van der Waals surface area contributed by atoms with Gasteiger partial charge in [-0.25, -0.2) is 4.90 Å². The molecular weight excluding hydrogens is 456 g/mol. The van der Waals surface area contributed by atoms with E-state index in [1.54, 1.807) is 30.0 Å². The van der Waals surface area contributed by atoms with E-state index in [0.717, 1.165) is 18.5 Å². The number of hydrogen-bond donors (Lipinski definition) is 0. The maximum absolute atomic E-state index is 13.1. The Balaban J connectivity index is 1.14. The molecule has 0 aromatic heterocycles. The highest BCUT2D eigenvalue weighted by Crippen LogP contribution is 2.53. The Morgan fingerprint density at radius 1 is 0.972 bits per heavy atom. The van der Waals surface area contributed by atoms with Gasteiger partial charge in [-0.3, -0.25) is 19.2 Å². The maximum atomic E-state index is 13.1. The molecule has 36 heavy (non-hydrogen) atoms. The van der Waals surface area contributed by atoms with Crippen LogP contribution in [0.5, 0.6) is 5.75 Å². The second-order valence-electron chi connectivity index (χ2n) is 10.3. The molecule has 7 heteroatoms. The van der Waals surface area contributed by atoms with Gasteiger partial charge in [0.1, 0.15) is 5.75 Å². The molecule has 0 spiro atoms. The molecule has 4 aliphatic rings. The third kappa shape index (κ3) is 3.48. The first-order chi connectivity index (χ1) is 17.4. The summed E-state index contributed by atoms with van der Waals surface area (Å²) in [5, 5.41) is 0. The van der Waals surface area contributed by atoms with Gasteiger partial charge in [0.05, 0.1) is 23.4 Å². The fraction of sp³-hybridized carbons (Fsp3) is 0.379. The molecule has 7 nitrogen and oxygen atoms in total. The molecule has 1 saturated carbocycles. The van der Waals surface area contributed by atoms with Crippen LogP contribution in [0.2, 0.25) is 0 Å². The van der Waals surface area contributed by atoms with Crippen LogP contribution in [0.25, 0.3) is 0 Å². The summed E-state index contributed by atoms with van der Waals surface area (Å²) in [5.74, 6) is -1.27. The summed E-state index contributed by atoms with van der Waals surface area (Å²) >= 11 is 0. The van der Waals surface area contributed by atoms with Gasteiger partial charge in [-0.15, -0.1) is 0 Å². The number of carbonyl (C=O) groups excluding carboxylic acids is 4. The number of imide groups is 1. The number of hydrogen-bond acceptors (Lipinski definition) is 5. The van der Waals surface area contributed by atoms with Gasteiger partial charge in [0.2, 0.25) is 17.7 Å². The maximum Gasteiger partial charge on any atom is 0.316 e. The van der Waals surface area contributed by atoms with E-state index in [2.05, 4.69) is 19.1 Å². The third-order valence-corrected chi connectivity index (χ3v) is 8.21. The van der Waals surface area contributed by atoms with E-state index < -0.39 is 11.9 Å². The Bertz CT molecular complexity index is 1280. The zero-order chi connectivity index (χ0) is 25.1. The van der Waals surface area contributed by atoms with Crippen molar-refractivity contribution in [2.45, 2.75) is 33.1 Å². The summed E-state index contributed by atoms with van der Waals surface area (Å²) in [4.78, 5) is 54.7. The van der Waals surface area contributed by atoms with Crippen LogP contribution in [-0.4, -0.2) is 30.2 Å². The number of amides is 3. The molecule has 2 aromatic rings. The van der Waals surface area contributed by atoms with Crippen LogP contribution in [0, 0.1) is 36.5 Å². The van der Waals surface area contributed by atoms with Gasteiger partial charge in [0.25, 0.3) is 0 Å². The lowest BCUT2D eigenvalue weighted by atomic mass is 9.85. The lowest BCUT2D eigenvalue weighted by Crippen LogP contribution is -2.33. The Kier molecular flexibility index (Phi) is 5.32. The normalized spacial score (nSPS) is 28.4. The number of anilines is 2. The first-order valence-corrected chi connectivity index (χ1v) is 12.6. The van der Waals surface area contributed by atoms with Crippen LogP contribution in [-0.2, 0) is 25.6 Å². The fourth-order valence-electron chi connectivity index (χ4n) is 6.31. The average molecular weight is 485 g/mol. The predicted octanol–water partition coefficient (Wildman–Crippen LogP) is 3.83. The highest BCUT2D eigenvalue weighted by Gasteiger charge is 2.59. The minimum atomic E-state index is -0.563. The zero-order valence-corrected chi connectivity index (χ0v) is 20.3. The molecular formula is C29H28N2O5. The molecule has 2 aliphatic heterocycles. The van der Waals surface area contributed by atoms with Crippen molar-refractivity contribution in [2.24, 2.45) is 29.6 Å². The number of esters is 1. The van der Waals surface area contributed by atoms with Gasteiger partial charge in [0.15, 0.2) is 0 Å². The third-order valence-electron chi connectivity index (χ3n) is 8.21. The Labute approximate surface area is 209 Å². The number of fused-ring (bicyclic) bond motifs is 5. The topological polar surface area (TPSA) is 84.0 Å². The molecule has 5 atom stereocenters. The van der Waals surface area contributed by atoms with Gasteiger partial charge < -0.3 is 9.64 Å². The van der Waals surface area contributed by atoms with E-state index in [1.165, 1.54) is 10.5 Å². The van der Waals surface area contributed by atoms with Crippen molar-refractivity contribution in [1.82, 2.24) is 0 Å². The monoisotopic (exact) mass is 484 g/mol. The van der Waals surface area contributed by atoms with E-state index in [4.69, 9.17) is 4.74 Å². The lowest BCUT2D eigenvalue weighted by Gasteiger charge is -2.20. The minimum absolute atomic E-state index is 0.0986. The van der Waals surface area contributed by atoms with Crippen LogP contribution in [0.1, 0.15) is 30.9 Å². The summed E-state index contributed by atoms with van der Waals surface area (Å²) < 4.78 is 5.62. The van der Waals surface area contributed by atoms with Crippen molar-refractivity contribution >= 4 is 35.1 Å². The van der Waals surface area contributed by atoms with E-state index >= 15 is 0 Å². The van der Waals surface area contributed by atoms with Crippen molar-refractivity contribution in [1.29, 1.82) is 0 Å². The molecule has 2 aliphatic carbocycles. The smallest absolute Gasteiger partial charge is 0.316 e. The van der Waals surface area contributed by atoms with Crippen molar-refractivity contribution in [3.05, 3.63) is 65.7 Å². The summed E-state index contributed by atoms with van der Waals surface area (Å²) in [6.45, 7) is 4.15. The lowest BCUT2D eigenvalue weighted by molar-refractivity contribution is -0.139. The van der Waals surface area contributed by atoms with Gasteiger partial charge in [-0.2, -0.15) is 0 Å². The molecule has 0 N–H and O–H groups in total. The Morgan fingerprint density at radius 2 is 1.64 bits per heavy atom. The summed E-state index contributed by atoms with van der Waals surface area (Å²) in [6, 6.07) is 12.7. The molecule has 0 radical (unpaired) electrons. The Morgan fingerprint density at radius 3 is 2.25 bits per heavy atom. The SMILES string of the molecule is CCc1ccc(N2C[C@@H](C(=O)Oc3ccc(N4C(=O)[C@@H]5[C@H](C4=O)[C@H]4C=C[C@H]5C4)c(C)c3)CC2=O)cc1. The molecule has 2 aromatic carbocycles. The van der Waals surface area contributed by atoms with Crippen LogP contribution in [0.4, 0.5) is 11.4 Å². The molecule has 2 heterocycles. The van der Waals surface area contributed by atoms with Crippen molar-refractivity contribution in [3.8, 4) is 5.75 Å². The molecule has 6 rings (SSSR count). The van der Waals surface area contributed by atoms with Gasteiger partial charge in [0, 0.05) is 18.7 Å². The largest absolute Gasteiger partial charge is 0.426 e. The van der Waals surface area contributed by atoms with E-state index in [-0.39, 0.29) is 54.4 Å². The summed E-state index contributed by atoms with van der Waals surface area (Å²) in [5.41, 5.74) is 3.18. The molecule has 3 amide bonds. The quantitative estimate of drug-likeness (QED) is 0.279. The number of rotatable bonds is 5. The first-order valence-electron chi connectivity index (χ1n) is 12.6. The number of ether oxygens (including phenoxy) is 1. The van der Waals surface area contributed by atoms with E-state index in [9.17, 15) is 19.2 Å². The minimum Gasteiger partial charge on any atom is -0.426 e. The number of aryl methyl sites for hydroxylation is 2. The van der Waals surface area contributed by atoms with E-state index in [0.29, 0.717) is 17.0 Å². The van der Waals surface area contributed by atoms with Crippen molar-refractivity contribution in [3.63, 3.8) is 0 Å². The molecule has 0 unspecified atom stereocenters. The predicted molar refractivity (Wildman–Crippen MR) is 133 cm³/mol. The highest BCUT2D eigenvalue weighted by atomic mass is 16.5. The zero-order valence-electron chi connectivity index (χ0n) is 20.3. The molecule has 2 bridgehead atoms. The number of carbonyl (C=O) groups is 4. The van der Waals surface area contributed by atoms with Crippen LogP contribution in [0.15, 0.2) is 54.6 Å². The van der Waals surface area contributed by atoms with Crippen LogP contribution in [0.3, 0.4) is 0 Å². The molecule has 2 saturated heterocycles. The van der Waals surface area contributed by atoms with Gasteiger partial charge in [-0.1, -0.05) is 31.2 Å². The number of nitrogens with zero attached hydrogens (tertiary/aromatic N) is 2. The van der Waals surface area contributed by atoms with Crippen LogP contribution < -0.4 is 14.5 Å². The van der Waals surface area contributed by atoms with Gasteiger partial charge >= 0.3 is 5.97 Å². The fourth-order valence-corrected chi connectivity index (χ4v) is 6.31. The number of allylic oxidation sites excluding steroid dienone is 2. The average Bonchev–Trinajstić information content (AvgIpc) is 3.64. The first kappa shape index (κ1) is 22.7. The second kappa shape index (κ2) is 8.43.